The van der Waals surface area contributed by atoms with E-state index in [4.69, 9.17) is 0 Å². The molecule has 0 amide bonds. The molecule has 1 aromatic rings. The Bertz CT molecular complexity index is 243. The van der Waals surface area contributed by atoms with Crippen LogP contribution in [0, 0.1) is 5.92 Å². The molecule has 0 fully saturated rings. The van der Waals surface area contributed by atoms with E-state index in [1.54, 1.807) is 0 Å². The fourth-order valence-corrected chi connectivity index (χ4v) is 1.94. The second-order valence-electron chi connectivity index (χ2n) is 4.17. The van der Waals surface area contributed by atoms with Gasteiger partial charge in [-0.25, -0.2) is 4.98 Å². The molecule has 3 heteroatoms. The minimum atomic E-state index is 0.375. The molecule has 0 aromatic carbocycles. The first-order valence-corrected chi connectivity index (χ1v) is 6.02. The van der Waals surface area contributed by atoms with Crippen LogP contribution in [-0.4, -0.2) is 16.5 Å². The number of nitrogens with one attached hydrogen (secondary N) is 2. The summed E-state index contributed by atoms with van der Waals surface area (Å²) in [5, 5.41) is 3.56. The van der Waals surface area contributed by atoms with Crippen molar-refractivity contribution >= 4 is 0 Å². The monoisotopic (exact) mass is 209 g/mol. The van der Waals surface area contributed by atoms with Gasteiger partial charge in [0.25, 0.3) is 0 Å². The van der Waals surface area contributed by atoms with Crippen LogP contribution in [0.1, 0.15) is 51.9 Å². The third kappa shape index (κ3) is 3.67. The molecule has 0 spiro atoms. The average molecular weight is 209 g/mol. The molecule has 0 aliphatic rings. The molecule has 0 aliphatic carbocycles. The van der Waals surface area contributed by atoms with Crippen molar-refractivity contribution < 1.29 is 0 Å². The predicted octanol–water partition coefficient (Wildman–Crippen LogP) is 2.89. The first-order chi connectivity index (χ1) is 7.29. The first kappa shape index (κ1) is 12.2. The normalized spacial score (nSPS) is 15.1. The molecule has 0 aliphatic heterocycles. The zero-order valence-electron chi connectivity index (χ0n) is 10.1. The lowest BCUT2D eigenvalue weighted by Gasteiger charge is -2.23. The first-order valence-electron chi connectivity index (χ1n) is 6.02. The summed E-state index contributed by atoms with van der Waals surface area (Å²) < 4.78 is 0. The summed E-state index contributed by atoms with van der Waals surface area (Å²) in [7, 11) is 0. The van der Waals surface area contributed by atoms with Gasteiger partial charge in [-0.3, -0.25) is 0 Å². The summed E-state index contributed by atoms with van der Waals surface area (Å²) in [6.45, 7) is 7.77. The molecular formula is C12H23N3. The lowest BCUT2D eigenvalue weighted by Crippen LogP contribution is -2.28. The molecule has 2 N–H and O–H groups in total. The van der Waals surface area contributed by atoms with Crippen LogP contribution < -0.4 is 5.32 Å². The number of aromatic amines is 1. The molecule has 1 rings (SSSR count). The lowest BCUT2D eigenvalue weighted by atomic mass is 9.96. The van der Waals surface area contributed by atoms with Crippen LogP contribution in [0.25, 0.3) is 0 Å². The van der Waals surface area contributed by atoms with Crippen molar-refractivity contribution in [2.24, 2.45) is 5.92 Å². The molecule has 0 bridgehead atoms. The Morgan fingerprint density at radius 2 is 2.20 bits per heavy atom. The number of nitrogens with zero attached hydrogens (tertiary/aromatic N) is 1. The van der Waals surface area contributed by atoms with E-state index in [2.05, 4.69) is 36.1 Å². The molecule has 86 valence electrons. The van der Waals surface area contributed by atoms with E-state index in [0.29, 0.717) is 12.0 Å². The smallest absolute Gasteiger partial charge is 0.123 e. The largest absolute Gasteiger partial charge is 0.347 e. The maximum atomic E-state index is 4.35. The molecular weight excluding hydrogens is 186 g/mol. The van der Waals surface area contributed by atoms with Gasteiger partial charge in [-0.15, -0.1) is 0 Å². The third-order valence-corrected chi connectivity index (χ3v) is 2.74. The number of hydrogen-bond acceptors (Lipinski definition) is 2. The molecule has 0 saturated carbocycles. The van der Waals surface area contributed by atoms with E-state index in [0.717, 1.165) is 18.8 Å². The van der Waals surface area contributed by atoms with Gasteiger partial charge < -0.3 is 10.3 Å². The topological polar surface area (TPSA) is 40.7 Å². The standard InChI is InChI=1S/C12H23N3/c1-4-6-10(3)11(13-7-5-2)12-14-8-9-15-12/h8-11,13H,4-7H2,1-3H3,(H,14,15). The fraction of sp³-hybridized carbons (Fsp3) is 0.750. The molecule has 2 unspecified atom stereocenters. The zero-order valence-corrected chi connectivity index (χ0v) is 10.1. The highest BCUT2D eigenvalue weighted by Crippen LogP contribution is 2.22. The summed E-state index contributed by atoms with van der Waals surface area (Å²) in [5.41, 5.74) is 0. The Morgan fingerprint density at radius 1 is 1.40 bits per heavy atom. The van der Waals surface area contributed by atoms with E-state index >= 15 is 0 Å². The SMILES string of the molecule is CCCNC(c1ncc[nH]1)C(C)CCC. The summed E-state index contributed by atoms with van der Waals surface area (Å²) in [5.74, 6) is 1.71. The van der Waals surface area contributed by atoms with Crippen molar-refractivity contribution in [1.29, 1.82) is 0 Å². The molecule has 1 heterocycles. The molecule has 0 saturated heterocycles. The number of hydrogen-bond donors (Lipinski definition) is 2. The number of aromatic nitrogens is 2. The van der Waals surface area contributed by atoms with Crippen molar-refractivity contribution in [2.45, 2.75) is 46.1 Å². The van der Waals surface area contributed by atoms with Gasteiger partial charge in [-0.2, -0.15) is 0 Å². The summed E-state index contributed by atoms with van der Waals surface area (Å²) in [4.78, 5) is 7.57. The second-order valence-corrected chi connectivity index (χ2v) is 4.17. The van der Waals surface area contributed by atoms with Crippen molar-refractivity contribution in [2.75, 3.05) is 6.54 Å². The quantitative estimate of drug-likeness (QED) is 0.725. The molecule has 1 aromatic heterocycles. The van der Waals surface area contributed by atoms with Crippen LogP contribution in [0.15, 0.2) is 12.4 Å². The van der Waals surface area contributed by atoms with Crippen molar-refractivity contribution in [3.63, 3.8) is 0 Å². The minimum absolute atomic E-state index is 0.375. The Kier molecular flexibility index (Phi) is 5.40. The van der Waals surface area contributed by atoms with Gasteiger partial charge in [0.1, 0.15) is 5.82 Å². The highest BCUT2D eigenvalue weighted by molar-refractivity contribution is 4.97. The maximum Gasteiger partial charge on any atom is 0.123 e. The number of rotatable bonds is 7. The third-order valence-electron chi connectivity index (χ3n) is 2.74. The van der Waals surface area contributed by atoms with Crippen molar-refractivity contribution in [3.05, 3.63) is 18.2 Å². The van der Waals surface area contributed by atoms with Gasteiger partial charge in [-0.1, -0.05) is 27.2 Å². The Morgan fingerprint density at radius 3 is 2.73 bits per heavy atom. The number of imidazole rings is 1. The van der Waals surface area contributed by atoms with Gasteiger partial charge in [0.2, 0.25) is 0 Å². The van der Waals surface area contributed by atoms with Crippen molar-refractivity contribution in [3.8, 4) is 0 Å². The summed E-state index contributed by atoms with van der Waals surface area (Å²) in [6.07, 6.45) is 7.35. The highest BCUT2D eigenvalue weighted by atomic mass is 15.0. The van der Waals surface area contributed by atoms with Crippen LogP contribution in [-0.2, 0) is 0 Å². The molecule has 3 nitrogen and oxygen atoms in total. The Labute approximate surface area is 92.7 Å². The van der Waals surface area contributed by atoms with E-state index in [9.17, 15) is 0 Å². The van der Waals surface area contributed by atoms with E-state index in [-0.39, 0.29) is 0 Å². The van der Waals surface area contributed by atoms with Gasteiger partial charge in [-0.05, 0) is 25.3 Å². The van der Waals surface area contributed by atoms with E-state index in [1.165, 1.54) is 12.8 Å². The highest BCUT2D eigenvalue weighted by Gasteiger charge is 2.19. The number of H-pyrrole nitrogens is 1. The van der Waals surface area contributed by atoms with Gasteiger partial charge in [0.15, 0.2) is 0 Å². The Hall–Kier alpha value is -0.830. The molecule has 2 atom stereocenters. The van der Waals surface area contributed by atoms with Gasteiger partial charge in [0, 0.05) is 12.4 Å². The van der Waals surface area contributed by atoms with Crippen LogP contribution in [0.5, 0.6) is 0 Å². The predicted molar refractivity (Wildman–Crippen MR) is 63.7 cm³/mol. The second kappa shape index (κ2) is 6.62. The Balaban J connectivity index is 2.60. The summed E-state index contributed by atoms with van der Waals surface area (Å²) >= 11 is 0. The maximum absolute atomic E-state index is 4.35. The van der Waals surface area contributed by atoms with Crippen LogP contribution in [0.2, 0.25) is 0 Å². The van der Waals surface area contributed by atoms with Gasteiger partial charge in [0.05, 0.1) is 6.04 Å². The van der Waals surface area contributed by atoms with Crippen LogP contribution >= 0.6 is 0 Å². The minimum Gasteiger partial charge on any atom is -0.347 e. The van der Waals surface area contributed by atoms with E-state index < -0.39 is 0 Å². The van der Waals surface area contributed by atoms with Crippen molar-refractivity contribution in [1.82, 2.24) is 15.3 Å². The summed E-state index contributed by atoms with van der Waals surface area (Å²) in [6, 6.07) is 0.375. The zero-order chi connectivity index (χ0) is 11.1. The molecule has 0 radical (unpaired) electrons. The van der Waals surface area contributed by atoms with Crippen LogP contribution in [0.4, 0.5) is 0 Å². The van der Waals surface area contributed by atoms with Crippen LogP contribution in [0.3, 0.4) is 0 Å². The molecule has 15 heavy (non-hydrogen) atoms. The lowest BCUT2D eigenvalue weighted by molar-refractivity contribution is 0.351. The fourth-order valence-electron chi connectivity index (χ4n) is 1.94. The average Bonchev–Trinajstić information content (AvgIpc) is 2.72. The van der Waals surface area contributed by atoms with E-state index in [1.807, 2.05) is 12.4 Å². The van der Waals surface area contributed by atoms with Gasteiger partial charge >= 0.3 is 0 Å².